The maximum absolute atomic E-state index is 12.3. The molecule has 1 unspecified atom stereocenters. The lowest BCUT2D eigenvalue weighted by molar-refractivity contribution is 0.0857. The lowest BCUT2D eigenvalue weighted by Gasteiger charge is -2.12. The molecule has 0 radical (unpaired) electrons. The average molecular weight is 306 g/mol. The number of hydrogen-bond acceptors (Lipinski definition) is 5. The fourth-order valence-corrected chi connectivity index (χ4v) is 4.11. The van der Waals surface area contributed by atoms with E-state index >= 15 is 0 Å². The Bertz CT molecular complexity index is 770. The molecule has 2 heterocycles. The topological polar surface area (TPSA) is 85.2 Å². The number of benzene rings is 1. The second-order valence-electron chi connectivity index (χ2n) is 5.07. The Morgan fingerprint density at radius 2 is 2.00 bits per heavy atom. The number of carbonyl (C=O) groups excluding carboxylic acids is 1. The number of para-hydroxylation sites is 1. The van der Waals surface area contributed by atoms with Gasteiger partial charge in [0.2, 0.25) is 10.0 Å². The van der Waals surface area contributed by atoms with Crippen molar-refractivity contribution in [3.63, 3.8) is 0 Å². The summed E-state index contributed by atoms with van der Waals surface area (Å²) < 4.78 is 24.7. The number of rotatable bonds is 2. The van der Waals surface area contributed by atoms with Crippen LogP contribution in [0.4, 0.5) is 0 Å². The van der Waals surface area contributed by atoms with Gasteiger partial charge in [0.15, 0.2) is 5.69 Å². The van der Waals surface area contributed by atoms with Gasteiger partial charge in [-0.25, -0.2) is 12.7 Å². The van der Waals surface area contributed by atoms with Crippen LogP contribution in [0.1, 0.15) is 17.4 Å². The van der Waals surface area contributed by atoms with Gasteiger partial charge in [0, 0.05) is 6.54 Å². The third-order valence-corrected chi connectivity index (χ3v) is 5.21. The Hall–Kier alpha value is -2.22. The average Bonchev–Trinajstić information content (AvgIpc) is 3.03. The van der Waals surface area contributed by atoms with Gasteiger partial charge in [-0.15, -0.1) is 5.10 Å². The van der Waals surface area contributed by atoms with E-state index in [9.17, 15) is 13.2 Å². The van der Waals surface area contributed by atoms with Gasteiger partial charge in [0.25, 0.3) is 5.91 Å². The Kier molecular flexibility index (Phi) is 3.25. The lowest BCUT2D eigenvalue weighted by Crippen LogP contribution is -2.33. The summed E-state index contributed by atoms with van der Waals surface area (Å²) in [6.07, 6.45) is 1.29. The van der Waals surface area contributed by atoms with E-state index in [1.807, 2.05) is 18.2 Å². The highest BCUT2D eigenvalue weighted by atomic mass is 32.2. The van der Waals surface area contributed by atoms with Crippen molar-refractivity contribution in [2.24, 2.45) is 5.92 Å². The standard InChI is InChI=1S/C13H14N4O3S/c1-10-8-16(21(19,20)9-10)13(18)12-7-14-17(15-12)11-5-3-2-4-6-11/h2-7,10H,8-9H2,1H3. The number of nitrogens with zero attached hydrogens (tertiary/aromatic N) is 4. The second-order valence-corrected chi connectivity index (χ2v) is 7.01. The van der Waals surface area contributed by atoms with Gasteiger partial charge in [-0.05, 0) is 18.1 Å². The van der Waals surface area contributed by atoms with Crippen LogP contribution in [-0.4, -0.2) is 45.9 Å². The molecule has 0 aliphatic carbocycles. The molecule has 8 heteroatoms. The molecule has 110 valence electrons. The van der Waals surface area contributed by atoms with Gasteiger partial charge in [0.1, 0.15) is 0 Å². The normalized spacial score (nSPS) is 20.6. The summed E-state index contributed by atoms with van der Waals surface area (Å²) in [5.41, 5.74) is 0.728. The van der Waals surface area contributed by atoms with Gasteiger partial charge in [-0.2, -0.15) is 9.90 Å². The van der Waals surface area contributed by atoms with E-state index in [1.54, 1.807) is 19.1 Å². The molecule has 1 aromatic heterocycles. The number of carbonyl (C=O) groups is 1. The first-order valence-electron chi connectivity index (χ1n) is 6.50. The van der Waals surface area contributed by atoms with E-state index in [-0.39, 0.29) is 23.9 Å². The van der Waals surface area contributed by atoms with Crippen LogP contribution < -0.4 is 0 Å². The number of amides is 1. The van der Waals surface area contributed by atoms with Crippen LogP contribution in [-0.2, 0) is 10.0 Å². The monoisotopic (exact) mass is 306 g/mol. The van der Waals surface area contributed by atoms with Crippen molar-refractivity contribution in [3.05, 3.63) is 42.2 Å². The minimum atomic E-state index is -3.53. The summed E-state index contributed by atoms with van der Waals surface area (Å²) in [4.78, 5) is 13.6. The van der Waals surface area contributed by atoms with Crippen molar-refractivity contribution in [3.8, 4) is 5.69 Å². The predicted molar refractivity (Wildman–Crippen MR) is 75.3 cm³/mol. The molecule has 1 aromatic carbocycles. The molecule has 1 amide bonds. The maximum Gasteiger partial charge on any atom is 0.289 e. The van der Waals surface area contributed by atoms with Crippen LogP contribution in [0.2, 0.25) is 0 Å². The summed E-state index contributed by atoms with van der Waals surface area (Å²) in [5.74, 6) is -0.699. The molecule has 1 fully saturated rings. The third kappa shape index (κ3) is 2.54. The minimum absolute atomic E-state index is 0.00837. The van der Waals surface area contributed by atoms with Crippen LogP contribution in [0.3, 0.4) is 0 Å². The highest BCUT2D eigenvalue weighted by Crippen LogP contribution is 2.21. The summed E-state index contributed by atoms with van der Waals surface area (Å²) in [6.45, 7) is 1.99. The first-order chi connectivity index (χ1) is 9.97. The van der Waals surface area contributed by atoms with Gasteiger partial charge in [-0.1, -0.05) is 25.1 Å². The molecule has 0 spiro atoms. The summed E-state index contributed by atoms with van der Waals surface area (Å²) >= 11 is 0. The van der Waals surface area contributed by atoms with Crippen molar-refractivity contribution in [1.29, 1.82) is 0 Å². The first kappa shape index (κ1) is 13.7. The smallest absolute Gasteiger partial charge is 0.266 e. The number of aromatic nitrogens is 3. The minimum Gasteiger partial charge on any atom is -0.266 e. The van der Waals surface area contributed by atoms with Gasteiger partial charge >= 0.3 is 0 Å². The van der Waals surface area contributed by atoms with E-state index in [0.29, 0.717) is 5.69 Å². The predicted octanol–water partition coefficient (Wildman–Crippen LogP) is 0.689. The van der Waals surface area contributed by atoms with Crippen molar-refractivity contribution in [2.45, 2.75) is 6.92 Å². The molecule has 3 rings (SSSR count). The fourth-order valence-electron chi connectivity index (χ4n) is 2.28. The molecule has 0 bridgehead atoms. The molecule has 21 heavy (non-hydrogen) atoms. The highest BCUT2D eigenvalue weighted by Gasteiger charge is 2.38. The van der Waals surface area contributed by atoms with Crippen molar-refractivity contribution in [2.75, 3.05) is 12.3 Å². The fraction of sp³-hybridized carbons (Fsp3) is 0.308. The molecule has 1 atom stereocenters. The highest BCUT2D eigenvalue weighted by molar-refractivity contribution is 7.89. The zero-order valence-corrected chi connectivity index (χ0v) is 12.2. The molecule has 7 nitrogen and oxygen atoms in total. The number of sulfonamides is 1. The van der Waals surface area contributed by atoms with Crippen molar-refractivity contribution < 1.29 is 13.2 Å². The van der Waals surface area contributed by atoms with Crippen LogP contribution in [0, 0.1) is 5.92 Å². The zero-order valence-electron chi connectivity index (χ0n) is 11.4. The first-order valence-corrected chi connectivity index (χ1v) is 8.11. The Morgan fingerprint density at radius 3 is 2.62 bits per heavy atom. The molecule has 0 N–H and O–H groups in total. The molecular weight excluding hydrogens is 292 g/mol. The van der Waals surface area contributed by atoms with Gasteiger partial charge in [0.05, 0.1) is 17.6 Å². The van der Waals surface area contributed by atoms with Crippen LogP contribution >= 0.6 is 0 Å². The summed E-state index contributed by atoms with van der Waals surface area (Å²) in [5, 5.41) is 8.07. The zero-order chi connectivity index (χ0) is 15.0. The molecule has 1 aliphatic heterocycles. The summed E-state index contributed by atoms with van der Waals surface area (Å²) in [6, 6.07) is 9.10. The SMILES string of the molecule is CC1CN(C(=O)c2cnn(-c3ccccc3)n2)S(=O)(=O)C1. The van der Waals surface area contributed by atoms with Gasteiger partial charge in [-0.3, -0.25) is 4.79 Å². The Balaban J connectivity index is 1.89. The Labute approximate surface area is 122 Å². The lowest BCUT2D eigenvalue weighted by atomic mass is 10.2. The second kappa shape index (κ2) is 4.96. The summed E-state index contributed by atoms with van der Waals surface area (Å²) in [7, 11) is -3.53. The molecule has 1 aliphatic rings. The molecule has 2 aromatic rings. The Morgan fingerprint density at radius 1 is 1.29 bits per heavy atom. The molecular formula is C13H14N4O3S. The van der Waals surface area contributed by atoms with E-state index < -0.39 is 15.9 Å². The van der Waals surface area contributed by atoms with Gasteiger partial charge < -0.3 is 0 Å². The van der Waals surface area contributed by atoms with Crippen LogP contribution in [0.5, 0.6) is 0 Å². The van der Waals surface area contributed by atoms with Crippen molar-refractivity contribution >= 4 is 15.9 Å². The third-order valence-electron chi connectivity index (χ3n) is 3.23. The van der Waals surface area contributed by atoms with E-state index in [4.69, 9.17) is 0 Å². The van der Waals surface area contributed by atoms with Crippen LogP contribution in [0.15, 0.2) is 36.5 Å². The van der Waals surface area contributed by atoms with Crippen LogP contribution in [0.25, 0.3) is 5.69 Å². The largest absolute Gasteiger partial charge is 0.289 e. The van der Waals surface area contributed by atoms with Crippen molar-refractivity contribution in [1.82, 2.24) is 19.3 Å². The maximum atomic E-state index is 12.3. The number of hydrogen-bond donors (Lipinski definition) is 0. The van der Waals surface area contributed by atoms with E-state index in [0.717, 1.165) is 4.31 Å². The molecule has 0 saturated carbocycles. The van der Waals surface area contributed by atoms with E-state index in [2.05, 4.69) is 10.2 Å². The van der Waals surface area contributed by atoms with E-state index in [1.165, 1.54) is 11.0 Å². The quantitative estimate of drug-likeness (QED) is 0.815. The molecule has 1 saturated heterocycles.